The van der Waals surface area contributed by atoms with Crippen molar-refractivity contribution < 1.29 is 29.0 Å². The Bertz CT molecular complexity index is 983. The minimum atomic E-state index is -1.01. The first-order valence-corrected chi connectivity index (χ1v) is 11.0. The number of rotatable bonds is 8. The third kappa shape index (κ3) is 7.40. The highest BCUT2D eigenvalue weighted by Gasteiger charge is 2.34. The quantitative estimate of drug-likeness (QED) is 0.539. The van der Waals surface area contributed by atoms with Gasteiger partial charge in [0.05, 0.1) is 7.11 Å². The number of phenols is 1. The molecule has 2 unspecified atom stereocenters. The van der Waals surface area contributed by atoms with E-state index in [9.17, 15) is 19.5 Å². The third-order valence-electron chi connectivity index (χ3n) is 4.85. The number of benzene rings is 2. The first-order valence-electron chi connectivity index (χ1n) is 11.0. The van der Waals surface area contributed by atoms with E-state index in [4.69, 9.17) is 9.47 Å². The van der Waals surface area contributed by atoms with Gasteiger partial charge in [0.25, 0.3) is 5.91 Å². The van der Waals surface area contributed by atoms with Gasteiger partial charge in [-0.2, -0.15) is 0 Å². The summed E-state index contributed by atoms with van der Waals surface area (Å²) in [6, 6.07) is 10.9. The van der Waals surface area contributed by atoms with Crippen molar-refractivity contribution in [2.45, 2.75) is 52.3 Å². The zero-order valence-electron chi connectivity index (χ0n) is 20.4. The van der Waals surface area contributed by atoms with Gasteiger partial charge in [-0.05, 0) is 76.6 Å². The normalized spacial score (nSPS) is 12.8. The SMILES string of the molecule is CCN(C(=O)C(C)NC(=O)OC(C)(C)C)C(C(=O)Nc1ccc(OC)cc1)c1ccc(O)cc1. The lowest BCUT2D eigenvalue weighted by atomic mass is 10.0. The molecule has 0 aliphatic carbocycles. The number of aromatic hydroxyl groups is 1. The van der Waals surface area contributed by atoms with E-state index in [0.717, 1.165) is 0 Å². The van der Waals surface area contributed by atoms with Gasteiger partial charge in [0.15, 0.2) is 0 Å². The number of likely N-dealkylation sites (N-methyl/N-ethyl adjacent to an activating group) is 1. The number of methoxy groups -OCH3 is 1. The molecule has 3 N–H and O–H groups in total. The molecule has 0 radical (unpaired) electrons. The Hall–Kier alpha value is -3.75. The molecule has 2 atom stereocenters. The van der Waals surface area contributed by atoms with Crippen LogP contribution in [0.5, 0.6) is 11.5 Å². The zero-order valence-corrected chi connectivity index (χ0v) is 20.4. The van der Waals surface area contributed by atoms with E-state index in [1.165, 1.54) is 24.0 Å². The molecule has 184 valence electrons. The highest BCUT2D eigenvalue weighted by atomic mass is 16.6. The van der Waals surface area contributed by atoms with E-state index >= 15 is 0 Å². The average molecular weight is 472 g/mol. The summed E-state index contributed by atoms with van der Waals surface area (Å²) in [4.78, 5) is 40.2. The van der Waals surface area contributed by atoms with Gasteiger partial charge < -0.3 is 30.1 Å². The van der Waals surface area contributed by atoms with Gasteiger partial charge in [0.2, 0.25) is 5.91 Å². The Balaban J connectivity index is 2.31. The number of nitrogens with zero attached hydrogens (tertiary/aromatic N) is 1. The van der Waals surface area contributed by atoms with Gasteiger partial charge in [0, 0.05) is 12.2 Å². The number of anilines is 1. The molecule has 0 saturated heterocycles. The van der Waals surface area contributed by atoms with Crippen molar-refractivity contribution in [1.29, 1.82) is 0 Å². The van der Waals surface area contributed by atoms with Crippen LogP contribution >= 0.6 is 0 Å². The lowest BCUT2D eigenvalue weighted by Crippen LogP contribution is -2.51. The number of hydrogen-bond acceptors (Lipinski definition) is 6. The summed E-state index contributed by atoms with van der Waals surface area (Å²) in [6.07, 6.45) is -0.728. The van der Waals surface area contributed by atoms with E-state index in [-0.39, 0.29) is 12.3 Å². The van der Waals surface area contributed by atoms with Crippen LogP contribution in [0.1, 0.15) is 46.2 Å². The average Bonchev–Trinajstić information content (AvgIpc) is 2.76. The molecule has 9 heteroatoms. The summed E-state index contributed by atoms with van der Waals surface area (Å²) in [5.74, 6) is -0.236. The van der Waals surface area contributed by atoms with Crippen LogP contribution in [0, 0.1) is 0 Å². The fourth-order valence-corrected chi connectivity index (χ4v) is 3.27. The Morgan fingerprint density at radius 2 is 1.62 bits per heavy atom. The minimum absolute atomic E-state index is 0.0346. The van der Waals surface area contributed by atoms with Crippen LogP contribution in [0.2, 0.25) is 0 Å². The highest BCUT2D eigenvalue weighted by molar-refractivity contribution is 5.99. The van der Waals surface area contributed by atoms with Crippen LogP contribution in [-0.4, -0.2) is 53.2 Å². The fourth-order valence-electron chi connectivity index (χ4n) is 3.27. The molecule has 0 aliphatic heterocycles. The second kappa shape index (κ2) is 11.4. The molecular formula is C25H33N3O6. The molecule has 9 nitrogen and oxygen atoms in total. The number of phenolic OH excluding ortho intramolecular Hbond substituents is 1. The van der Waals surface area contributed by atoms with E-state index in [1.807, 2.05) is 0 Å². The fraction of sp³-hybridized carbons (Fsp3) is 0.400. The molecule has 34 heavy (non-hydrogen) atoms. The van der Waals surface area contributed by atoms with Crippen LogP contribution in [0.3, 0.4) is 0 Å². The Kier molecular flexibility index (Phi) is 8.89. The van der Waals surface area contributed by atoms with E-state index in [0.29, 0.717) is 17.0 Å². The number of amides is 3. The molecule has 0 aromatic heterocycles. The first kappa shape index (κ1) is 26.5. The maximum absolute atomic E-state index is 13.4. The molecule has 0 heterocycles. The highest BCUT2D eigenvalue weighted by Crippen LogP contribution is 2.26. The van der Waals surface area contributed by atoms with Gasteiger partial charge in [-0.3, -0.25) is 9.59 Å². The van der Waals surface area contributed by atoms with Crippen molar-refractivity contribution in [2.75, 3.05) is 19.0 Å². The van der Waals surface area contributed by atoms with Gasteiger partial charge in [-0.1, -0.05) is 12.1 Å². The van der Waals surface area contributed by atoms with E-state index in [1.54, 1.807) is 71.2 Å². The van der Waals surface area contributed by atoms with E-state index < -0.39 is 35.6 Å². The van der Waals surface area contributed by atoms with Gasteiger partial charge in [0.1, 0.15) is 29.2 Å². The molecule has 2 aromatic carbocycles. The predicted molar refractivity (Wildman–Crippen MR) is 129 cm³/mol. The largest absolute Gasteiger partial charge is 0.508 e. The number of hydrogen-bond donors (Lipinski definition) is 3. The molecule has 0 fully saturated rings. The maximum atomic E-state index is 13.4. The maximum Gasteiger partial charge on any atom is 0.408 e. The summed E-state index contributed by atoms with van der Waals surface area (Å²) >= 11 is 0. The Morgan fingerprint density at radius 1 is 1.03 bits per heavy atom. The van der Waals surface area contributed by atoms with Crippen LogP contribution < -0.4 is 15.4 Å². The second-order valence-electron chi connectivity index (χ2n) is 8.70. The van der Waals surface area contributed by atoms with Gasteiger partial charge >= 0.3 is 6.09 Å². The summed E-state index contributed by atoms with van der Waals surface area (Å²) in [6.45, 7) is 8.64. The van der Waals surface area contributed by atoms with Gasteiger partial charge in [-0.15, -0.1) is 0 Å². The number of ether oxygens (including phenoxy) is 2. The molecule has 0 bridgehead atoms. The molecule has 3 amide bonds. The number of carbonyl (C=O) groups excluding carboxylic acids is 3. The van der Waals surface area contributed by atoms with Gasteiger partial charge in [-0.25, -0.2) is 4.79 Å². The van der Waals surface area contributed by atoms with E-state index in [2.05, 4.69) is 10.6 Å². The second-order valence-corrected chi connectivity index (χ2v) is 8.70. The van der Waals surface area contributed by atoms with Crippen LogP contribution in [-0.2, 0) is 14.3 Å². The van der Waals surface area contributed by atoms with Crippen molar-refractivity contribution in [3.05, 3.63) is 54.1 Å². The molecule has 2 aromatic rings. The van der Waals surface area contributed by atoms with Crippen molar-refractivity contribution in [3.63, 3.8) is 0 Å². The zero-order chi connectivity index (χ0) is 25.5. The van der Waals surface area contributed by atoms with Crippen LogP contribution in [0.15, 0.2) is 48.5 Å². The molecule has 0 spiro atoms. The molecule has 0 aliphatic rings. The summed E-state index contributed by atoms with van der Waals surface area (Å²) in [7, 11) is 1.55. The predicted octanol–water partition coefficient (Wildman–Crippen LogP) is 3.84. The third-order valence-corrected chi connectivity index (χ3v) is 4.85. The van der Waals surface area contributed by atoms with Crippen LogP contribution in [0.4, 0.5) is 10.5 Å². The number of carbonyl (C=O) groups is 3. The summed E-state index contributed by atoms with van der Waals surface area (Å²) in [5, 5.41) is 15.0. The Labute approximate surface area is 200 Å². The number of nitrogens with one attached hydrogen (secondary N) is 2. The van der Waals surface area contributed by atoms with Crippen molar-refractivity contribution in [2.24, 2.45) is 0 Å². The first-order chi connectivity index (χ1) is 15.9. The summed E-state index contributed by atoms with van der Waals surface area (Å²) < 4.78 is 10.4. The van der Waals surface area contributed by atoms with Crippen LogP contribution in [0.25, 0.3) is 0 Å². The lowest BCUT2D eigenvalue weighted by Gasteiger charge is -2.32. The van der Waals surface area contributed by atoms with Crippen molar-refractivity contribution >= 4 is 23.6 Å². The Morgan fingerprint density at radius 3 is 2.12 bits per heavy atom. The smallest absolute Gasteiger partial charge is 0.408 e. The van der Waals surface area contributed by atoms with Crippen molar-refractivity contribution in [1.82, 2.24) is 10.2 Å². The lowest BCUT2D eigenvalue weighted by molar-refractivity contribution is -0.140. The molecular weight excluding hydrogens is 438 g/mol. The topological polar surface area (TPSA) is 117 Å². The molecule has 2 rings (SSSR count). The van der Waals surface area contributed by atoms with Crippen molar-refractivity contribution in [3.8, 4) is 11.5 Å². The monoisotopic (exact) mass is 471 g/mol. The molecule has 0 saturated carbocycles. The standard InChI is InChI=1S/C25H33N3O6/c1-7-28(23(31)16(2)26-24(32)34-25(3,4)5)21(17-8-12-19(29)13-9-17)22(30)27-18-10-14-20(33-6)15-11-18/h8-16,21,29H,7H2,1-6H3,(H,26,32)(H,27,30). The summed E-state index contributed by atoms with van der Waals surface area (Å²) in [5.41, 5.74) is 0.311. The minimum Gasteiger partial charge on any atom is -0.508 e. The number of alkyl carbamates (subject to hydrolysis) is 1.